The van der Waals surface area contributed by atoms with Crippen molar-refractivity contribution in [3.05, 3.63) is 47.5 Å². The third-order valence-corrected chi connectivity index (χ3v) is 2.63. The molecule has 4 heteroatoms. The van der Waals surface area contributed by atoms with E-state index in [-0.39, 0.29) is 5.78 Å². The van der Waals surface area contributed by atoms with E-state index < -0.39 is 0 Å². The van der Waals surface area contributed by atoms with Crippen LogP contribution in [0, 0.1) is 6.92 Å². The van der Waals surface area contributed by atoms with E-state index in [0.717, 1.165) is 11.4 Å². The van der Waals surface area contributed by atoms with Crippen LogP contribution in [0.2, 0.25) is 0 Å². The van der Waals surface area contributed by atoms with Gasteiger partial charge in [0.1, 0.15) is 5.69 Å². The van der Waals surface area contributed by atoms with E-state index in [4.69, 9.17) is 0 Å². The molecule has 0 fully saturated rings. The normalized spacial score (nSPS) is 10.5. The summed E-state index contributed by atoms with van der Waals surface area (Å²) in [5, 5.41) is 4.30. The second-order valence-electron chi connectivity index (χ2n) is 3.93. The van der Waals surface area contributed by atoms with Crippen LogP contribution in [-0.2, 0) is 6.54 Å². The van der Waals surface area contributed by atoms with E-state index in [1.54, 1.807) is 6.20 Å². The van der Waals surface area contributed by atoms with Crippen molar-refractivity contribution in [2.45, 2.75) is 26.8 Å². The van der Waals surface area contributed by atoms with Crippen molar-refractivity contribution in [2.24, 2.45) is 0 Å². The lowest BCUT2D eigenvalue weighted by Gasteiger charge is -2.02. The van der Waals surface area contributed by atoms with Crippen LogP contribution in [0.5, 0.6) is 0 Å². The maximum atomic E-state index is 11.5. The molecule has 4 nitrogen and oxygen atoms in total. The minimum absolute atomic E-state index is 0.0767. The topological polar surface area (TPSA) is 47.8 Å². The third kappa shape index (κ3) is 2.58. The molecule has 0 bridgehead atoms. The van der Waals surface area contributed by atoms with E-state index in [0.29, 0.717) is 18.7 Å². The number of Topliss-reactive ketones (excluding diaryl/α,β-unsaturated/α-hetero) is 1. The van der Waals surface area contributed by atoms with Crippen molar-refractivity contribution < 1.29 is 4.79 Å². The number of hydrogen-bond acceptors (Lipinski definition) is 3. The molecule has 0 saturated heterocycles. The molecular formula is C13H15N3O. The second kappa shape index (κ2) is 4.91. The summed E-state index contributed by atoms with van der Waals surface area (Å²) in [4.78, 5) is 15.8. The fourth-order valence-electron chi connectivity index (χ4n) is 1.63. The van der Waals surface area contributed by atoms with Crippen molar-refractivity contribution in [3.63, 3.8) is 0 Å². The van der Waals surface area contributed by atoms with Gasteiger partial charge in [0.05, 0.1) is 12.2 Å². The lowest BCUT2D eigenvalue weighted by molar-refractivity contribution is 0.0982. The summed E-state index contributed by atoms with van der Waals surface area (Å²) in [6.45, 7) is 4.39. The summed E-state index contributed by atoms with van der Waals surface area (Å²) in [7, 11) is 0. The average Bonchev–Trinajstić information content (AvgIpc) is 2.71. The molecule has 0 saturated carbocycles. The van der Waals surface area contributed by atoms with Gasteiger partial charge in [-0.15, -0.1) is 0 Å². The van der Waals surface area contributed by atoms with Crippen molar-refractivity contribution in [3.8, 4) is 0 Å². The predicted octanol–water partition coefficient (Wildman–Crippen LogP) is 2.23. The molecular weight excluding hydrogens is 214 g/mol. The molecule has 2 heterocycles. The molecule has 0 unspecified atom stereocenters. The van der Waals surface area contributed by atoms with Crippen LogP contribution in [0.3, 0.4) is 0 Å². The smallest absolute Gasteiger partial charge is 0.182 e. The number of carbonyl (C=O) groups is 1. The van der Waals surface area contributed by atoms with Gasteiger partial charge in [0.2, 0.25) is 0 Å². The number of aromatic nitrogens is 3. The number of pyridine rings is 1. The van der Waals surface area contributed by atoms with E-state index in [1.165, 1.54) is 0 Å². The zero-order valence-electron chi connectivity index (χ0n) is 10.1. The van der Waals surface area contributed by atoms with Crippen LogP contribution in [0.4, 0.5) is 0 Å². The van der Waals surface area contributed by atoms with Crippen LogP contribution in [0.25, 0.3) is 0 Å². The molecule has 2 rings (SSSR count). The molecule has 0 aliphatic heterocycles. The summed E-state index contributed by atoms with van der Waals surface area (Å²) in [6, 6.07) is 7.60. The van der Waals surface area contributed by atoms with E-state index in [1.807, 2.05) is 42.8 Å². The molecule has 0 radical (unpaired) electrons. The zero-order chi connectivity index (χ0) is 12.3. The molecule has 0 amide bonds. The molecule has 0 aliphatic carbocycles. The van der Waals surface area contributed by atoms with Crippen LogP contribution >= 0.6 is 0 Å². The van der Waals surface area contributed by atoms with Crippen LogP contribution in [0.15, 0.2) is 30.5 Å². The lowest BCUT2D eigenvalue weighted by Crippen LogP contribution is -2.06. The largest absolute Gasteiger partial charge is 0.292 e. The van der Waals surface area contributed by atoms with Gasteiger partial charge in [-0.1, -0.05) is 13.0 Å². The minimum atomic E-state index is 0.0767. The Morgan fingerprint density at radius 1 is 1.41 bits per heavy atom. The van der Waals surface area contributed by atoms with Crippen molar-refractivity contribution in [2.75, 3.05) is 0 Å². The van der Waals surface area contributed by atoms with Gasteiger partial charge < -0.3 is 0 Å². The summed E-state index contributed by atoms with van der Waals surface area (Å²) < 4.78 is 1.81. The highest BCUT2D eigenvalue weighted by Gasteiger charge is 2.10. The fourth-order valence-corrected chi connectivity index (χ4v) is 1.63. The highest BCUT2D eigenvalue weighted by Crippen LogP contribution is 2.08. The Kier molecular flexibility index (Phi) is 3.32. The maximum Gasteiger partial charge on any atom is 0.182 e. The molecule has 0 aliphatic rings. The number of carbonyl (C=O) groups excluding carboxylic acids is 1. The SMILES string of the molecule is CCC(=O)c1cc(C)n(Cc2ccccn2)n1. The second-order valence-corrected chi connectivity index (χ2v) is 3.93. The summed E-state index contributed by atoms with van der Waals surface area (Å²) in [5.74, 6) is 0.0767. The van der Waals surface area contributed by atoms with Gasteiger partial charge in [0.25, 0.3) is 0 Å². The highest BCUT2D eigenvalue weighted by molar-refractivity contribution is 5.94. The van der Waals surface area contributed by atoms with Gasteiger partial charge in [-0.2, -0.15) is 5.10 Å². The summed E-state index contributed by atoms with van der Waals surface area (Å²) >= 11 is 0. The molecule has 0 atom stereocenters. The van der Waals surface area contributed by atoms with Crippen LogP contribution < -0.4 is 0 Å². The standard InChI is InChI=1S/C13H15N3O/c1-3-13(17)12-8-10(2)16(15-12)9-11-6-4-5-7-14-11/h4-8H,3,9H2,1-2H3. The Bertz CT molecular complexity index is 517. The summed E-state index contributed by atoms with van der Waals surface area (Å²) in [5.41, 5.74) is 2.46. The minimum Gasteiger partial charge on any atom is -0.292 e. The van der Waals surface area contributed by atoms with Gasteiger partial charge in [-0.3, -0.25) is 14.5 Å². The monoisotopic (exact) mass is 229 g/mol. The Morgan fingerprint density at radius 2 is 2.24 bits per heavy atom. The Labute approximate surface area is 100 Å². The first-order valence-corrected chi connectivity index (χ1v) is 5.68. The Hall–Kier alpha value is -1.97. The van der Waals surface area contributed by atoms with Crippen molar-refractivity contribution >= 4 is 5.78 Å². The Morgan fingerprint density at radius 3 is 2.88 bits per heavy atom. The van der Waals surface area contributed by atoms with Gasteiger partial charge >= 0.3 is 0 Å². The Balaban J connectivity index is 2.22. The lowest BCUT2D eigenvalue weighted by atomic mass is 10.2. The van der Waals surface area contributed by atoms with Crippen LogP contribution in [-0.4, -0.2) is 20.5 Å². The molecule has 88 valence electrons. The third-order valence-electron chi connectivity index (χ3n) is 2.63. The maximum absolute atomic E-state index is 11.5. The van der Waals surface area contributed by atoms with Gasteiger partial charge in [-0.25, -0.2) is 0 Å². The van der Waals surface area contributed by atoms with Gasteiger partial charge in [0, 0.05) is 18.3 Å². The van der Waals surface area contributed by atoms with E-state index in [9.17, 15) is 4.79 Å². The number of nitrogens with zero attached hydrogens (tertiary/aromatic N) is 3. The molecule has 0 aromatic carbocycles. The van der Waals surface area contributed by atoms with Crippen molar-refractivity contribution in [1.29, 1.82) is 0 Å². The first-order valence-electron chi connectivity index (χ1n) is 5.68. The summed E-state index contributed by atoms with van der Waals surface area (Å²) in [6.07, 6.45) is 2.24. The average molecular weight is 229 g/mol. The molecule has 0 spiro atoms. The molecule has 2 aromatic heterocycles. The zero-order valence-corrected chi connectivity index (χ0v) is 10.1. The molecule has 2 aromatic rings. The molecule has 0 N–H and O–H groups in total. The fraction of sp³-hybridized carbons (Fsp3) is 0.308. The number of ketones is 1. The van der Waals surface area contributed by atoms with Gasteiger partial charge in [0.15, 0.2) is 5.78 Å². The quantitative estimate of drug-likeness (QED) is 0.755. The van der Waals surface area contributed by atoms with E-state index in [2.05, 4.69) is 10.1 Å². The highest BCUT2D eigenvalue weighted by atomic mass is 16.1. The predicted molar refractivity (Wildman–Crippen MR) is 64.9 cm³/mol. The van der Waals surface area contributed by atoms with Gasteiger partial charge in [-0.05, 0) is 25.1 Å². The first kappa shape index (κ1) is 11.5. The molecule has 17 heavy (non-hydrogen) atoms. The first-order chi connectivity index (χ1) is 8.20. The number of rotatable bonds is 4. The van der Waals surface area contributed by atoms with Crippen molar-refractivity contribution in [1.82, 2.24) is 14.8 Å². The van der Waals surface area contributed by atoms with Crippen LogP contribution in [0.1, 0.15) is 35.2 Å². The van der Waals surface area contributed by atoms with E-state index >= 15 is 0 Å². The number of hydrogen-bond donors (Lipinski definition) is 0. The number of aryl methyl sites for hydroxylation is 1.